The van der Waals surface area contributed by atoms with Crippen LogP contribution in [0.25, 0.3) is 11.3 Å². The fourth-order valence-electron chi connectivity index (χ4n) is 9.56. The maximum atomic E-state index is 15.0. The van der Waals surface area contributed by atoms with Crippen LogP contribution in [0.2, 0.25) is 0 Å². The van der Waals surface area contributed by atoms with Gasteiger partial charge in [0.15, 0.2) is 16.7 Å². The average molecular weight is 1020 g/mol. The number of amides is 4. The number of carboxylic acid groups (broad SMARTS) is 1. The fourth-order valence-corrected chi connectivity index (χ4v) is 10.4. The molecule has 1 aliphatic carbocycles. The Kier molecular flexibility index (Phi) is 20.7. The van der Waals surface area contributed by atoms with E-state index in [1.54, 1.807) is 10.3 Å². The Morgan fingerprint density at radius 1 is 0.819 bits per heavy atom. The first-order valence-electron chi connectivity index (χ1n) is 24.8. The maximum absolute atomic E-state index is 15.0. The third-order valence-electron chi connectivity index (χ3n) is 13.3. The van der Waals surface area contributed by atoms with Gasteiger partial charge in [-0.3, -0.25) is 14.4 Å². The number of carbonyl (C=O) groups excluding carboxylic acids is 4. The van der Waals surface area contributed by atoms with Crippen LogP contribution in [0.3, 0.4) is 0 Å². The fraction of sp³-hybridized carbons (Fsp3) is 0.500. The first-order chi connectivity index (χ1) is 35.1. The molecule has 3 heterocycles. The third kappa shape index (κ3) is 14.8. The second-order valence-corrected chi connectivity index (χ2v) is 18.9. The molecule has 1 saturated carbocycles. The molecule has 4 aromatic rings. The Balaban J connectivity index is 0.943. The summed E-state index contributed by atoms with van der Waals surface area (Å²) in [5.41, 5.74) is 2.39. The number of hydrogen-bond acceptors (Lipinski definition) is 13. The number of rotatable bonds is 26. The molecule has 3 aliphatic rings. The zero-order valence-corrected chi connectivity index (χ0v) is 41.1. The van der Waals surface area contributed by atoms with E-state index in [0.29, 0.717) is 63.2 Å². The van der Waals surface area contributed by atoms with Crippen LogP contribution in [0, 0.1) is 23.5 Å². The van der Waals surface area contributed by atoms with Gasteiger partial charge in [0.05, 0.1) is 51.4 Å². The molecule has 2 saturated heterocycles. The van der Waals surface area contributed by atoms with Gasteiger partial charge in [-0.15, -0.1) is 11.3 Å². The predicted octanol–water partition coefficient (Wildman–Crippen LogP) is 5.38. The zero-order valence-electron chi connectivity index (χ0n) is 40.3. The summed E-state index contributed by atoms with van der Waals surface area (Å²) in [6.07, 6.45) is 4.91. The van der Waals surface area contributed by atoms with E-state index in [4.69, 9.17) is 24.1 Å². The molecule has 20 heteroatoms. The van der Waals surface area contributed by atoms with E-state index in [1.807, 2.05) is 60.7 Å². The average Bonchev–Trinajstić information content (AvgIpc) is 4.12. The van der Waals surface area contributed by atoms with Crippen LogP contribution in [0.5, 0.6) is 5.75 Å². The zero-order chi connectivity index (χ0) is 50.7. The number of carbonyl (C=O) groups is 5. The van der Waals surface area contributed by atoms with Crippen LogP contribution >= 0.6 is 11.3 Å². The number of benzene rings is 3. The lowest BCUT2D eigenvalue weighted by molar-refractivity contribution is -0.142. The van der Waals surface area contributed by atoms with Gasteiger partial charge >= 0.3 is 6.09 Å². The lowest BCUT2D eigenvalue weighted by Gasteiger charge is -2.36. The topological polar surface area (TPSA) is 210 Å². The van der Waals surface area contributed by atoms with E-state index < -0.39 is 59.5 Å². The summed E-state index contributed by atoms with van der Waals surface area (Å²) in [5, 5.41) is 23.2. The number of hydrogen-bond donors (Lipinski definition) is 5. The molecular formula is C52H65F2N7O10S. The van der Waals surface area contributed by atoms with Crippen molar-refractivity contribution in [2.24, 2.45) is 11.8 Å². The number of ether oxygens (including phenoxy) is 4. The van der Waals surface area contributed by atoms with Gasteiger partial charge in [-0.25, -0.2) is 14.2 Å². The second-order valence-electron chi connectivity index (χ2n) is 18.1. The third-order valence-corrected chi connectivity index (χ3v) is 14.2. The highest BCUT2D eigenvalue weighted by atomic mass is 32.1. The Hall–Kier alpha value is -6.06. The molecule has 3 fully saturated rings. The van der Waals surface area contributed by atoms with E-state index in [-0.39, 0.29) is 70.2 Å². The minimum atomic E-state index is -1.25. The predicted molar refractivity (Wildman–Crippen MR) is 266 cm³/mol. The van der Waals surface area contributed by atoms with Crippen molar-refractivity contribution in [1.29, 1.82) is 0 Å². The van der Waals surface area contributed by atoms with Gasteiger partial charge in [-0.05, 0) is 54.9 Å². The van der Waals surface area contributed by atoms with Crippen molar-refractivity contribution in [3.63, 3.8) is 0 Å². The van der Waals surface area contributed by atoms with E-state index in [2.05, 4.69) is 31.2 Å². The van der Waals surface area contributed by atoms with Crippen LogP contribution < -0.4 is 30.9 Å². The van der Waals surface area contributed by atoms with Crippen molar-refractivity contribution in [2.75, 3.05) is 90.4 Å². The summed E-state index contributed by atoms with van der Waals surface area (Å²) in [5.74, 6) is -4.92. The number of thiazole rings is 1. The summed E-state index contributed by atoms with van der Waals surface area (Å²) in [7, 11) is 0. The number of nitrogens with one attached hydrogen (secondary N) is 4. The standard InChI is InChI=1S/C52H65F2N7O10S/c53-40-19-18-39(41-34-72-51(58-41)60-22-25-69-26-23-60)47(44(40)54)71-30-29-70-28-27-68-24-20-55-49(64)46(43(36-11-4-1-5-12-36)37-13-6-2-7-14-37)59-48(63)42-17-10-21-61(42)50(65)45(38-15-8-3-9-16-38)56-31-35(33-62)32-57-52(66)67/h1-2,4-7,11-14,18-19,33-35,38,42-43,45-46,56-57H,3,8-10,15-17,20-32H2,(H,55,64)(H,59,63)(H,66,67)/t35?,42-,45?,46?/m0/s1. The Morgan fingerprint density at radius 2 is 1.50 bits per heavy atom. The molecule has 17 nitrogen and oxygen atoms in total. The van der Waals surface area contributed by atoms with Crippen LogP contribution in [0.15, 0.2) is 78.2 Å². The Labute approximate surface area is 422 Å². The molecular weight excluding hydrogens is 953 g/mol. The molecule has 4 atom stereocenters. The van der Waals surface area contributed by atoms with Crippen LogP contribution in [-0.4, -0.2) is 149 Å². The van der Waals surface area contributed by atoms with Crippen molar-refractivity contribution in [3.8, 4) is 17.0 Å². The van der Waals surface area contributed by atoms with Gasteiger partial charge in [0.1, 0.15) is 25.0 Å². The quantitative estimate of drug-likeness (QED) is 0.0396. The molecule has 1 aromatic heterocycles. The van der Waals surface area contributed by atoms with Crippen molar-refractivity contribution < 1.29 is 56.8 Å². The van der Waals surface area contributed by atoms with E-state index in [0.717, 1.165) is 54.4 Å². The molecule has 4 amide bonds. The molecule has 7 rings (SSSR count). The molecule has 388 valence electrons. The van der Waals surface area contributed by atoms with Crippen LogP contribution in [-0.2, 0) is 33.4 Å². The minimum Gasteiger partial charge on any atom is -0.487 e. The SMILES string of the molecule is O=CC(CNC(=O)O)CNC(C(=O)N1CCC[C@H]1C(=O)NC(C(=O)NCCOCCOCCOc1c(-c2csc(N3CCOCC3)n2)ccc(F)c1F)C(c1ccccc1)c1ccccc1)C1CCCCC1. The number of likely N-dealkylation sites (tertiary alicyclic amines) is 1. The lowest BCUT2D eigenvalue weighted by Crippen LogP contribution is -2.58. The second kappa shape index (κ2) is 27.7. The van der Waals surface area contributed by atoms with Crippen molar-refractivity contribution in [1.82, 2.24) is 31.2 Å². The summed E-state index contributed by atoms with van der Waals surface area (Å²) < 4.78 is 51.9. The molecule has 2 aliphatic heterocycles. The van der Waals surface area contributed by atoms with E-state index in [1.165, 1.54) is 17.4 Å². The largest absolute Gasteiger partial charge is 0.487 e. The molecule has 3 unspecified atom stereocenters. The number of nitrogens with zero attached hydrogens (tertiary/aromatic N) is 3. The first-order valence-corrected chi connectivity index (χ1v) is 25.7. The number of anilines is 1. The molecule has 3 aromatic carbocycles. The van der Waals surface area contributed by atoms with Crippen LogP contribution in [0.1, 0.15) is 62.0 Å². The first kappa shape index (κ1) is 53.7. The number of aromatic nitrogens is 1. The van der Waals surface area contributed by atoms with Crippen molar-refractivity contribution in [3.05, 3.63) is 101 Å². The summed E-state index contributed by atoms with van der Waals surface area (Å²) >= 11 is 1.41. The lowest BCUT2D eigenvalue weighted by atomic mass is 9.83. The number of halogens is 2. The monoisotopic (exact) mass is 1020 g/mol. The highest BCUT2D eigenvalue weighted by molar-refractivity contribution is 7.14. The number of aldehydes is 1. The van der Waals surface area contributed by atoms with Gasteiger partial charge in [0.25, 0.3) is 0 Å². The Morgan fingerprint density at radius 3 is 2.18 bits per heavy atom. The van der Waals surface area contributed by atoms with Gasteiger partial charge in [-0.2, -0.15) is 4.39 Å². The molecule has 5 N–H and O–H groups in total. The molecule has 0 bridgehead atoms. The summed E-state index contributed by atoms with van der Waals surface area (Å²) in [4.78, 5) is 74.9. The summed E-state index contributed by atoms with van der Waals surface area (Å²) in [6.45, 7) is 3.38. The van der Waals surface area contributed by atoms with Crippen molar-refractivity contribution in [2.45, 2.75) is 69.0 Å². The summed E-state index contributed by atoms with van der Waals surface area (Å²) in [6, 6.07) is 18.7. The van der Waals surface area contributed by atoms with Gasteiger partial charge < -0.3 is 59.9 Å². The van der Waals surface area contributed by atoms with Gasteiger partial charge in [0.2, 0.25) is 23.5 Å². The van der Waals surface area contributed by atoms with Crippen molar-refractivity contribution >= 4 is 46.6 Å². The van der Waals surface area contributed by atoms with E-state index in [9.17, 15) is 28.4 Å². The van der Waals surface area contributed by atoms with Gasteiger partial charge in [-0.1, -0.05) is 79.9 Å². The minimum absolute atomic E-state index is 0.0338. The molecule has 0 spiro atoms. The highest BCUT2D eigenvalue weighted by Crippen LogP contribution is 2.37. The highest BCUT2D eigenvalue weighted by Gasteiger charge is 2.42. The normalized spacial score (nSPS) is 17.5. The van der Waals surface area contributed by atoms with Gasteiger partial charge in [0, 0.05) is 62.0 Å². The maximum Gasteiger partial charge on any atom is 0.404 e. The smallest absolute Gasteiger partial charge is 0.404 e. The number of morpholine rings is 1. The molecule has 72 heavy (non-hydrogen) atoms. The molecule has 0 radical (unpaired) electrons. The Bertz CT molecular complexity index is 2330. The van der Waals surface area contributed by atoms with Crippen LogP contribution in [0.4, 0.5) is 18.7 Å². The van der Waals surface area contributed by atoms with E-state index >= 15 is 4.39 Å².